The van der Waals surface area contributed by atoms with Crippen molar-refractivity contribution in [2.24, 2.45) is 0 Å². The van der Waals surface area contributed by atoms with Gasteiger partial charge in [-0.15, -0.1) is 0 Å². The van der Waals surface area contributed by atoms with E-state index in [9.17, 15) is 9.59 Å². The van der Waals surface area contributed by atoms with Crippen LogP contribution in [0.2, 0.25) is 0 Å². The van der Waals surface area contributed by atoms with E-state index in [-0.39, 0.29) is 11.8 Å². The van der Waals surface area contributed by atoms with Crippen LogP contribution in [0.5, 0.6) is 0 Å². The molecule has 0 aliphatic rings. The molecular weight excluding hydrogens is 268 g/mol. The minimum Gasteiger partial charge on any atom is -0.352 e. The van der Waals surface area contributed by atoms with Gasteiger partial charge in [-0.2, -0.15) is 5.10 Å². The van der Waals surface area contributed by atoms with Crippen molar-refractivity contribution in [3.8, 4) is 0 Å². The molecule has 0 unspecified atom stereocenters. The van der Waals surface area contributed by atoms with Crippen LogP contribution < -0.4 is 10.6 Å². The Kier molecular flexibility index (Phi) is 4.37. The Morgan fingerprint density at radius 3 is 2.57 bits per heavy atom. The highest BCUT2D eigenvalue weighted by Crippen LogP contribution is 2.18. The summed E-state index contributed by atoms with van der Waals surface area (Å²) < 4.78 is 0. The van der Waals surface area contributed by atoms with E-state index < -0.39 is 0 Å². The summed E-state index contributed by atoms with van der Waals surface area (Å²) in [6.07, 6.45) is 1.49. The normalized spacial score (nSPS) is 10.2. The van der Waals surface area contributed by atoms with Crippen molar-refractivity contribution in [3.63, 3.8) is 0 Å². The first-order chi connectivity index (χ1) is 10.0. The number of nitrogens with zero attached hydrogens (tertiary/aromatic N) is 1. The Morgan fingerprint density at radius 1 is 1.24 bits per heavy atom. The number of benzene rings is 1. The molecule has 21 heavy (non-hydrogen) atoms. The number of amides is 2. The molecule has 1 heterocycles. The largest absolute Gasteiger partial charge is 0.352 e. The SMILES string of the molecule is CCNC(=O)c1ccc(NC(=O)c2cn[nH]c2C)c(C)c1. The number of hydrogen-bond donors (Lipinski definition) is 3. The standard InChI is InChI=1S/C15H18N4O2/c1-4-16-14(20)11-5-6-13(9(2)7-11)18-15(21)12-8-17-19-10(12)3/h5-8H,4H2,1-3H3,(H,16,20)(H,17,19)(H,18,21). The van der Waals surface area contributed by atoms with Gasteiger partial charge in [-0.05, 0) is 44.5 Å². The highest BCUT2D eigenvalue weighted by atomic mass is 16.2. The lowest BCUT2D eigenvalue weighted by Gasteiger charge is -2.10. The lowest BCUT2D eigenvalue weighted by molar-refractivity contribution is 0.0955. The van der Waals surface area contributed by atoms with Crippen molar-refractivity contribution >= 4 is 17.5 Å². The van der Waals surface area contributed by atoms with Gasteiger partial charge in [0.15, 0.2) is 0 Å². The Labute approximate surface area is 122 Å². The Morgan fingerprint density at radius 2 is 2.00 bits per heavy atom. The van der Waals surface area contributed by atoms with E-state index in [1.54, 1.807) is 25.1 Å². The van der Waals surface area contributed by atoms with Crippen LogP contribution in [0.25, 0.3) is 0 Å². The van der Waals surface area contributed by atoms with E-state index in [4.69, 9.17) is 0 Å². The molecule has 0 radical (unpaired) electrons. The van der Waals surface area contributed by atoms with Gasteiger partial charge in [-0.3, -0.25) is 14.7 Å². The molecular formula is C15H18N4O2. The van der Waals surface area contributed by atoms with Crippen LogP contribution in [-0.4, -0.2) is 28.6 Å². The zero-order valence-corrected chi connectivity index (χ0v) is 12.3. The molecule has 1 aromatic carbocycles. The van der Waals surface area contributed by atoms with E-state index in [1.165, 1.54) is 6.20 Å². The topological polar surface area (TPSA) is 86.9 Å². The van der Waals surface area contributed by atoms with Gasteiger partial charge < -0.3 is 10.6 Å². The molecule has 0 saturated carbocycles. The zero-order valence-electron chi connectivity index (χ0n) is 12.3. The second-order valence-electron chi connectivity index (χ2n) is 4.75. The van der Waals surface area contributed by atoms with E-state index in [2.05, 4.69) is 20.8 Å². The molecule has 3 N–H and O–H groups in total. The van der Waals surface area contributed by atoms with Crippen LogP contribution in [-0.2, 0) is 0 Å². The van der Waals surface area contributed by atoms with Gasteiger partial charge in [-0.25, -0.2) is 0 Å². The van der Waals surface area contributed by atoms with Crippen molar-refractivity contribution in [2.75, 3.05) is 11.9 Å². The molecule has 2 aromatic rings. The van der Waals surface area contributed by atoms with Gasteiger partial charge >= 0.3 is 0 Å². The smallest absolute Gasteiger partial charge is 0.259 e. The van der Waals surface area contributed by atoms with Gasteiger partial charge in [0.1, 0.15) is 0 Å². The minimum atomic E-state index is -0.227. The molecule has 0 atom stereocenters. The number of nitrogens with one attached hydrogen (secondary N) is 3. The number of carbonyl (C=O) groups excluding carboxylic acids is 2. The van der Waals surface area contributed by atoms with Crippen molar-refractivity contribution in [1.29, 1.82) is 0 Å². The predicted molar refractivity (Wildman–Crippen MR) is 80.5 cm³/mol. The van der Waals surface area contributed by atoms with Crippen LogP contribution in [0.1, 0.15) is 38.9 Å². The number of aromatic amines is 1. The van der Waals surface area contributed by atoms with E-state index in [0.29, 0.717) is 29.1 Å². The molecule has 6 nitrogen and oxygen atoms in total. The van der Waals surface area contributed by atoms with Crippen molar-refractivity contribution in [3.05, 3.63) is 46.8 Å². The van der Waals surface area contributed by atoms with Crippen LogP contribution in [0.3, 0.4) is 0 Å². The highest BCUT2D eigenvalue weighted by molar-refractivity contribution is 6.05. The fourth-order valence-electron chi connectivity index (χ4n) is 1.98. The average molecular weight is 286 g/mol. The minimum absolute atomic E-state index is 0.121. The van der Waals surface area contributed by atoms with Crippen molar-refractivity contribution in [2.45, 2.75) is 20.8 Å². The van der Waals surface area contributed by atoms with Crippen LogP contribution >= 0.6 is 0 Å². The number of aryl methyl sites for hydroxylation is 2. The molecule has 1 aromatic heterocycles. The lowest BCUT2D eigenvalue weighted by atomic mass is 10.1. The molecule has 0 aliphatic carbocycles. The number of aromatic nitrogens is 2. The molecule has 0 fully saturated rings. The summed E-state index contributed by atoms with van der Waals surface area (Å²) in [4.78, 5) is 23.9. The number of hydrogen-bond acceptors (Lipinski definition) is 3. The lowest BCUT2D eigenvalue weighted by Crippen LogP contribution is -2.22. The van der Waals surface area contributed by atoms with Crippen molar-refractivity contribution in [1.82, 2.24) is 15.5 Å². The van der Waals surface area contributed by atoms with Gasteiger partial charge in [0, 0.05) is 23.5 Å². The highest BCUT2D eigenvalue weighted by Gasteiger charge is 2.13. The molecule has 0 bridgehead atoms. The predicted octanol–water partition coefficient (Wildman–Crippen LogP) is 2.03. The second-order valence-corrected chi connectivity index (χ2v) is 4.75. The monoisotopic (exact) mass is 286 g/mol. The van der Waals surface area contributed by atoms with Gasteiger partial charge in [0.25, 0.3) is 11.8 Å². The quantitative estimate of drug-likeness (QED) is 0.803. The third-order valence-corrected chi connectivity index (χ3v) is 3.15. The molecule has 0 aliphatic heterocycles. The summed E-state index contributed by atoms with van der Waals surface area (Å²) in [6.45, 7) is 6.08. The summed E-state index contributed by atoms with van der Waals surface area (Å²) >= 11 is 0. The Balaban J connectivity index is 2.16. The molecule has 2 amide bonds. The Hall–Kier alpha value is -2.63. The van der Waals surface area contributed by atoms with E-state index in [1.807, 2.05) is 13.8 Å². The number of carbonyl (C=O) groups is 2. The first kappa shape index (κ1) is 14.8. The summed E-state index contributed by atoms with van der Waals surface area (Å²) in [5.74, 6) is -0.348. The third-order valence-electron chi connectivity index (χ3n) is 3.15. The number of rotatable bonds is 4. The molecule has 110 valence electrons. The summed E-state index contributed by atoms with van der Waals surface area (Å²) in [5.41, 5.74) is 3.29. The molecule has 6 heteroatoms. The summed E-state index contributed by atoms with van der Waals surface area (Å²) in [6, 6.07) is 5.17. The maximum absolute atomic E-state index is 12.1. The van der Waals surface area contributed by atoms with Crippen molar-refractivity contribution < 1.29 is 9.59 Å². The first-order valence-electron chi connectivity index (χ1n) is 6.73. The third kappa shape index (κ3) is 3.28. The zero-order chi connectivity index (χ0) is 15.4. The summed E-state index contributed by atoms with van der Waals surface area (Å²) in [5, 5.41) is 12.1. The number of anilines is 1. The van der Waals surface area contributed by atoms with E-state index >= 15 is 0 Å². The van der Waals surface area contributed by atoms with Gasteiger partial charge in [0.05, 0.1) is 11.8 Å². The molecule has 2 rings (SSSR count). The maximum atomic E-state index is 12.1. The second kappa shape index (κ2) is 6.21. The summed E-state index contributed by atoms with van der Waals surface area (Å²) in [7, 11) is 0. The van der Waals surface area contributed by atoms with Crippen LogP contribution in [0.15, 0.2) is 24.4 Å². The maximum Gasteiger partial charge on any atom is 0.259 e. The van der Waals surface area contributed by atoms with Gasteiger partial charge in [0.2, 0.25) is 0 Å². The number of H-pyrrole nitrogens is 1. The van der Waals surface area contributed by atoms with Crippen LogP contribution in [0.4, 0.5) is 5.69 Å². The fraction of sp³-hybridized carbons (Fsp3) is 0.267. The van der Waals surface area contributed by atoms with Crippen LogP contribution in [0, 0.1) is 13.8 Å². The first-order valence-corrected chi connectivity index (χ1v) is 6.73. The average Bonchev–Trinajstić information content (AvgIpc) is 2.87. The van der Waals surface area contributed by atoms with E-state index in [0.717, 1.165) is 5.56 Å². The fourth-order valence-corrected chi connectivity index (χ4v) is 1.98. The molecule has 0 saturated heterocycles. The Bertz CT molecular complexity index is 676. The molecule has 0 spiro atoms. The van der Waals surface area contributed by atoms with Gasteiger partial charge in [-0.1, -0.05) is 0 Å².